The molecule has 4 nitrogen and oxygen atoms in total. The van der Waals surface area contributed by atoms with Gasteiger partial charge < -0.3 is 14.6 Å². The molecule has 0 bridgehead atoms. The van der Waals surface area contributed by atoms with Crippen molar-refractivity contribution in [2.24, 2.45) is 11.8 Å². The van der Waals surface area contributed by atoms with Gasteiger partial charge >= 0.3 is 5.97 Å². The summed E-state index contributed by atoms with van der Waals surface area (Å²) in [4.78, 5) is 12.2. The first-order valence-electron chi connectivity index (χ1n) is 8.56. The summed E-state index contributed by atoms with van der Waals surface area (Å²) in [5.41, 5.74) is 0.165. The van der Waals surface area contributed by atoms with E-state index in [1.165, 1.54) is 7.11 Å². The minimum atomic E-state index is -0.704. The zero-order chi connectivity index (χ0) is 18.8. The number of methoxy groups -OCH3 is 1. The van der Waals surface area contributed by atoms with Crippen LogP contribution in [0, 0.1) is 11.8 Å². The number of rotatable bonds is 4. The first kappa shape index (κ1) is 20.3. The van der Waals surface area contributed by atoms with Gasteiger partial charge in [-0.3, -0.25) is 4.79 Å². The number of esters is 1. The first-order chi connectivity index (χ1) is 11.6. The number of aliphatic hydroxyl groups excluding tert-OH is 1. The van der Waals surface area contributed by atoms with Gasteiger partial charge in [-0.15, -0.1) is 0 Å². The molecule has 1 unspecified atom stereocenters. The van der Waals surface area contributed by atoms with Crippen LogP contribution in [0.4, 0.5) is 0 Å². The van der Waals surface area contributed by atoms with E-state index in [-0.39, 0.29) is 17.8 Å². The molecule has 1 saturated carbocycles. The minimum absolute atomic E-state index is 0.0461. The van der Waals surface area contributed by atoms with Crippen molar-refractivity contribution < 1.29 is 19.4 Å². The maximum Gasteiger partial charge on any atom is 0.309 e. The lowest BCUT2D eigenvalue weighted by Crippen LogP contribution is -2.31. The number of carbonyl (C=O) groups excluding carboxylic acids is 1. The second kappa shape index (κ2) is 8.15. The average Bonchev–Trinajstić information content (AvgIpc) is 2.55. The highest BCUT2D eigenvalue weighted by molar-refractivity contribution is 6.42. The predicted molar refractivity (Wildman–Crippen MR) is 99.3 cm³/mol. The van der Waals surface area contributed by atoms with Crippen molar-refractivity contribution in [3.8, 4) is 5.75 Å². The third-order valence-electron chi connectivity index (χ3n) is 4.55. The van der Waals surface area contributed by atoms with E-state index in [9.17, 15) is 9.90 Å². The molecule has 6 heteroatoms. The van der Waals surface area contributed by atoms with E-state index in [0.29, 0.717) is 34.2 Å². The monoisotopic (exact) mass is 388 g/mol. The van der Waals surface area contributed by atoms with Crippen molar-refractivity contribution in [3.05, 3.63) is 27.7 Å². The third-order valence-corrected chi connectivity index (χ3v) is 5.27. The molecule has 2 rings (SSSR count). The highest BCUT2D eigenvalue weighted by Gasteiger charge is 2.34. The van der Waals surface area contributed by atoms with Crippen LogP contribution < -0.4 is 4.74 Å². The van der Waals surface area contributed by atoms with E-state index in [4.69, 9.17) is 32.7 Å². The highest BCUT2D eigenvalue weighted by Crippen LogP contribution is 2.42. The molecule has 1 aliphatic carbocycles. The van der Waals surface area contributed by atoms with Crippen LogP contribution in [0.2, 0.25) is 10.0 Å². The lowest BCUT2D eigenvalue weighted by molar-refractivity contribution is -0.161. The van der Waals surface area contributed by atoms with E-state index in [0.717, 1.165) is 12.8 Å². The summed E-state index contributed by atoms with van der Waals surface area (Å²) in [6, 6.07) is 3.28. The van der Waals surface area contributed by atoms with Gasteiger partial charge in [0.2, 0.25) is 0 Å². The smallest absolute Gasteiger partial charge is 0.309 e. The second-order valence-electron chi connectivity index (χ2n) is 7.60. The van der Waals surface area contributed by atoms with Gasteiger partial charge in [0.15, 0.2) is 0 Å². The molecular formula is C19H26Cl2O4. The largest absolute Gasteiger partial charge is 0.496 e. The summed E-state index contributed by atoms with van der Waals surface area (Å²) in [6.07, 6.45) is 2.20. The summed E-state index contributed by atoms with van der Waals surface area (Å²) < 4.78 is 10.8. The summed E-state index contributed by atoms with van der Waals surface area (Å²) >= 11 is 12.1. The number of hydrogen-bond acceptors (Lipinski definition) is 4. The maximum absolute atomic E-state index is 12.2. The van der Waals surface area contributed by atoms with Crippen LogP contribution in [0.3, 0.4) is 0 Å². The molecule has 1 atom stereocenters. The Morgan fingerprint density at radius 1 is 1.16 bits per heavy atom. The van der Waals surface area contributed by atoms with Gasteiger partial charge in [0, 0.05) is 11.6 Å². The van der Waals surface area contributed by atoms with Crippen LogP contribution in [0.1, 0.15) is 58.1 Å². The highest BCUT2D eigenvalue weighted by atomic mass is 35.5. The maximum atomic E-state index is 12.2. The number of ether oxygens (including phenoxy) is 2. The Morgan fingerprint density at radius 2 is 1.72 bits per heavy atom. The van der Waals surface area contributed by atoms with E-state index in [2.05, 4.69) is 0 Å². The molecule has 1 aromatic rings. The van der Waals surface area contributed by atoms with Crippen molar-refractivity contribution in [2.45, 2.75) is 58.2 Å². The van der Waals surface area contributed by atoms with Gasteiger partial charge in [-0.25, -0.2) is 0 Å². The zero-order valence-corrected chi connectivity index (χ0v) is 16.7. The summed E-state index contributed by atoms with van der Waals surface area (Å²) in [6.45, 7) is 5.62. The zero-order valence-electron chi connectivity index (χ0n) is 15.1. The van der Waals surface area contributed by atoms with Crippen LogP contribution in [0.5, 0.6) is 5.75 Å². The number of hydrogen-bond donors (Lipinski definition) is 1. The Hall–Kier alpha value is -0.970. The Morgan fingerprint density at radius 3 is 2.24 bits per heavy atom. The molecule has 0 aliphatic heterocycles. The topological polar surface area (TPSA) is 55.8 Å². The van der Waals surface area contributed by atoms with Crippen molar-refractivity contribution in [2.75, 3.05) is 7.11 Å². The fourth-order valence-electron chi connectivity index (χ4n) is 3.26. The van der Waals surface area contributed by atoms with Crippen molar-refractivity contribution in [1.29, 1.82) is 0 Å². The van der Waals surface area contributed by atoms with E-state index >= 15 is 0 Å². The molecule has 1 aliphatic rings. The van der Waals surface area contributed by atoms with Crippen LogP contribution >= 0.6 is 23.2 Å². The summed E-state index contributed by atoms with van der Waals surface area (Å²) in [7, 11) is 1.54. The van der Waals surface area contributed by atoms with Gasteiger partial charge in [0.1, 0.15) is 11.4 Å². The molecule has 25 heavy (non-hydrogen) atoms. The number of halogens is 2. The van der Waals surface area contributed by atoms with Gasteiger partial charge in [-0.2, -0.15) is 0 Å². The molecule has 1 N–H and O–H groups in total. The van der Waals surface area contributed by atoms with Gasteiger partial charge in [-0.1, -0.05) is 23.2 Å². The Labute approximate surface area is 159 Å². The molecule has 0 aromatic heterocycles. The second-order valence-corrected chi connectivity index (χ2v) is 8.41. The lowest BCUT2D eigenvalue weighted by Gasteiger charge is -2.32. The minimum Gasteiger partial charge on any atom is -0.496 e. The van der Waals surface area contributed by atoms with E-state index in [1.54, 1.807) is 12.1 Å². The molecule has 140 valence electrons. The normalized spacial score (nSPS) is 22.4. The van der Waals surface area contributed by atoms with Crippen LogP contribution in [-0.2, 0) is 9.53 Å². The van der Waals surface area contributed by atoms with Gasteiger partial charge in [-0.05, 0) is 58.4 Å². The summed E-state index contributed by atoms with van der Waals surface area (Å²) in [5, 5.41) is 11.6. The van der Waals surface area contributed by atoms with Gasteiger partial charge in [0.25, 0.3) is 0 Å². The van der Waals surface area contributed by atoms with Crippen LogP contribution in [-0.4, -0.2) is 23.8 Å². The molecule has 1 aromatic carbocycles. The molecule has 1 fully saturated rings. The number of aliphatic hydroxyl groups is 1. The molecular weight excluding hydrogens is 363 g/mol. The average molecular weight is 389 g/mol. The molecule has 0 spiro atoms. The standard InChI is InChI=1S/C19H26Cl2O4/c1-19(2,3)25-18(23)12-7-5-11(6-8-12)17(22)13-9-14(20)15(21)10-16(13)24-4/h9-12,17,22H,5-8H2,1-4H3. The van der Waals surface area contributed by atoms with Crippen molar-refractivity contribution >= 4 is 29.2 Å². The fourth-order valence-corrected chi connectivity index (χ4v) is 3.59. The Kier molecular flexibility index (Phi) is 6.63. The Balaban J connectivity index is 2.03. The first-order valence-corrected chi connectivity index (χ1v) is 9.32. The molecule has 0 radical (unpaired) electrons. The quantitative estimate of drug-likeness (QED) is 0.721. The number of carbonyl (C=O) groups is 1. The van der Waals surface area contributed by atoms with Crippen LogP contribution in [0.25, 0.3) is 0 Å². The number of benzene rings is 1. The SMILES string of the molecule is COc1cc(Cl)c(Cl)cc1C(O)C1CCC(C(=O)OC(C)(C)C)CC1. The fraction of sp³-hybridized carbons (Fsp3) is 0.632. The summed E-state index contributed by atoms with van der Waals surface area (Å²) in [5.74, 6) is 0.326. The Bertz CT molecular complexity index is 617. The van der Waals surface area contributed by atoms with E-state index in [1.807, 2.05) is 20.8 Å². The van der Waals surface area contributed by atoms with Gasteiger partial charge in [0.05, 0.1) is 29.2 Å². The lowest BCUT2D eigenvalue weighted by atomic mass is 9.77. The van der Waals surface area contributed by atoms with Crippen molar-refractivity contribution in [1.82, 2.24) is 0 Å². The molecule has 0 saturated heterocycles. The molecule has 0 heterocycles. The molecule has 0 amide bonds. The van der Waals surface area contributed by atoms with Crippen molar-refractivity contribution in [3.63, 3.8) is 0 Å². The predicted octanol–water partition coefficient (Wildman–Crippen LogP) is 5.18. The van der Waals surface area contributed by atoms with E-state index < -0.39 is 11.7 Å². The van der Waals surface area contributed by atoms with Crippen LogP contribution in [0.15, 0.2) is 12.1 Å². The third kappa shape index (κ3) is 5.25.